The lowest BCUT2D eigenvalue weighted by molar-refractivity contribution is -0.134. The van der Waals surface area contributed by atoms with Crippen molar-refractivity contribution < 1.29 is 13.2 Å². The van der Waals surface area contributed by atoms with E-state index in [-0.39, 0.29) is 10.8 Å². The van der Waals surface area contributed by atoms with Crippen molar-refractivity contribution in [2.45, 2.75) is 24.4 Å². The number of carbonyl (C=O) groups excluding carboxylic acids is 1. The zero-order valence-electron chi connectivity index (χ0n) is 15.7. The Balaban J connectivity index is 1.53. The number of halogens is 1. The number of sulfonamides is 1. The largest absolute Gasteiger partial charge is 0.339 e. The molecule has 2 aromatic carbocycles. The van der Waals surface area contributed by atoms with Gasteiger partial charge in [-0.25, -0.2) is 8.42 Å². The van der Waals surface area contributed by atoms with Gasteiger partial charge in [0.15, 0.2) is 0 Å². The molecule has 0 aromatic heterocycles. The van der Waals surface area contributed by atoms with Crippen LogP contribution in [-0.4, -0.2) is 56.3 Å². The second-order valence-corrected chi connectivity index (χ2v) is 9.03. The smallest absolute Gasteiger partial charge is 0.241 e. The van der Waals surface area contributed by atoms with Gasteiger partial charge in [0.2, 0.25) is 15.9 Å². The third kappa shape index (κ3) is 5.32. The molecule has 0 aliphatic carbocycles. The molecule has 1 N–H and O–H groups in total. The highest BCUT2D eigenvalue weighted by Gasteiger charge is 2.28. The molecule has 1 atom stereocenters. The number of carbonyl (C=O) groups is 1. The van der Waals surface area contributed by atoms with Crippen molar-refractivity contribution in [2.75, 3.05) is 26.2 Å². The number of benzene rings is 2. The van der Waals surface area contributed by atoms with Gasteiger partial charge in [0.25, 0.3) is 0 Å². The maximum atomic E-state index is 12.7. The van der Waals surface area contributed by atoms with E-state index in [1.165, 1.54) is 29.8 Å². The van der Waals surface area contributed by atoms with Gasteiger partial charge >= 0.3 is 0 Å². The van der Waals surface area contributed by atoms with Crippen molar-refractivity contribution >= 4 is 27.5 Å². The number of hydrogen-bond acceptors (Lipinski definition) is 4. The Bertz CT molecular complexity index is 896. The Morgan fingerprint density at radius 2 is 1.64 bits per heavy atom. The Morgan fingerprint density at radius 1 is 1.04 bits per heavy atom. The molecule has 1 heterocycles. The van der Waals surface area contributed by atoms with E-state index in [0.717, 1.165) is 19.6 Å². The van der Waals surface area contributed by atoms with Crippen LogP contribution in [0.25, 0.3) is 0 Å². The van der Waals surface area contributed by atoms with Crippen LogP contribution < -0.4 is 4.72 Å². The molecule has 1 saturated heterocycles. The van der Waals surface area contributed by atoms with Crippen molar-refractivity contribution in [2.24, 2.45) is 0 Å². The molecule has 0 saturated carbocycles. The van der Waals surface area contributed by atoms with Gasteiger partial charge in [-0.1, -0.05) is 41.9 Å². The lowest BCUT2D eigenvalue weighted by Crippen LogP contribution is -2.53. The van der Waals surface area contributed by atoms with Gasteiger partial charge in [-0.15, -0.1) is 0 Å². The van der Waals surface area contributed by atoms with Crippen LogP contribution in [0, 0.1) is 0 Å². The lowest BCUT2D eigenvalue weighted by atomic mass is 10.2. The van der Waals surface area contributed by atoms with E-state index in [4.69, 9.17) is 11.6 Å². The van der Waals surface area contributed by atoms with Crippen LogP contribution in [0.2, 0.25) is 5.02 Å². The van der Waals surface area contributed by atoms with Crippen molar-refractivity contribution in [1.29, 1.82) is 0 Å². The number of piperazine rings is 1. The van der Waals surface area contributed by atoms with E-state index in [2.05, 4.69) is 21.8 Å². The summed E-state index contributed by atoms with van der Waals surface area (Å²) in [5, 5.41) is 0.455. The molecule has 150 valence electrons. The highest BCUT2D eigenvalue weighted by Crippen LogP contribution is 2.15. The van der Waals surface area contributed by atoms with Gasteiger partial charge in [-0.2, -0.15) is 4.72 Å². The molecule has 0 unspecified atom stereocenters. The normalized spacial score (nSPS) is 16.7. The van der Waals surface area contributed by atoms with Crippen molar-refractivity contribution in [3.63, 3.8) is 0 Å². The van der Waals surface area contributed by atoms with Crippen LogP contribution in [0.4, 0.5) is 0 Å². The molecule has 0 bridgehead atoms. The van der Waals surface area contributed by atoms with E-state index >= 15 is 0 Å². The fourth-order valence-corrected chi connectivity index (χ4v) is 4.53. The van der Waals surface area contributed by atoms with E-state index in [1.54, 1.807) is 11.8 Å². The van der Waals surface area contributed by atoms with Crippen LogP contribution in [0.3, 0.4) is 0 Å². The average molecular weight is 422 g/mol. The summed E-state index contributed by atoms with van der Waals surface area (Å²) in [5.41, 5.74) is 1.24. The summed E-state index contributed by atoms with van der Waals surface area (Å²) in [6.45, 7) is 5.11. The van der Waals surface area contributed by atoms with Gasteiger partial charge in [-0.3, -0.25) is 9.69 Å². The maximum Gasteiger partial charge on any atom is 0.241 e. The van der Waals surface area contributed by atoms with Gasteiger partial charge < -0.3 is 4.90 Å². The SMILES string of the molecule is C[C@@H](NS(=O)(=O)c1ccc(Cl)cc1)C(=O)N1CCN(Cc2ccccc2)CC1. The summed E-state index contributed by atoms with van der Waals surface area (Å²) in [7, 11) is -3.78. The first kappa shape index (κ1) is 20.8. The standard InChI is InChI=1S/C20H24ClN3O3S/c1-16(22-28(26,27)19-9-7-18(21)8-10-19)20(25)24-13-11-23(12-14-24)15-17-5-3-2-4-6-17/h2-10,16,22H,11-15H2,1H3/t16-/m1/s1. The van der Waals surface area contributed by atoms with Crippen LogP contribution in [0.5, 0.6) is 0 Å². The Kier molecular flexibility index (Phi) is 6.72. The van der Waals surface area contributed by atoms with E-state index in [0.29, 0.717) is 18.1 Å². The number of nitrogens with zero attached hydrogens (tertiary/aromatic N) is 2. The Labute approximate surface area is 171 Å². The molecule has 2 aromatic rings. The van der Waals surface area contributed by atoms with Gasteiger partial charge in [0, 0.05) is 37.7 Å². The molecule has 6 nitrogen and oxygen atoms in total. The second kappa shape index (κ2) is 9.05. The van der Waals surface area contributed by atoms with Crippen LogP contribution in [0.1, 0.15) is 12.5 Å². The molecule has 1 aliphatic rings. The minimum atomic E-state index is -3.78. The number of nitrogens with one attached hydrogen (secondary N) is 1. The second-order valence-electron chi connectivity index (χ2n) is 6.88. The highest BCUT2D eigenvalue weighted by atomic mass is 35.5. The minimum Gasteiger partial charge on any atom is -0.339 e. The molecule has 8 heteroatoms. The summed E-state index contributed by atoms with van der Waals surface area (Å²) in [6, 6.07) is 15.2. The first-order chi connectivity index (χ1) is 13.3. The first-order valence-electron chi connectivity index (χ1n) is 9.18. The van der Waals surface area contributed by atoms with Crippen LogP contribution in [-0.2, 0) is 21.4 Å². The molecule has 1 aliphatic heterocycles. The molecule has 1 amide bonds. The molecule has 28 heavy (non-hydrogen) atoms. The van der Waals surface area contributed by atoms with Crippen LogP contribution >= 0.6 is 11.6 Å². The minimum absolute atomic E-state index is 0.0873. The average Bonchev–Trinajstić information content (AvgIpc) is 2.69. The Hall–Kier alpha value is -1.93. The first-order valence-corrected chi connectivity index (χ1v) is 11.0. The highest BCUT2D eigenvalue weighted by molar-refractivity contribution is 7.89. The fourth-order valence-electron chi connectivity index (χ4n) is 3.21. The summed E-state index contributed by atoms with van der Waals surface area (Å²) in [5.74, 6) is -0.211. The van der Waals surface area contributed by atoms with E-state index in [9.17, 15) is 13.2 Å². The molecule has 0 radical (unpaired) electrons. The molecule has 0 spiro atoms. The van der Waals surface area contributed by atoms with Crippen LogP contribution in [0.15, 0.2) is 59.5 Å². The van der Waals surface area contributed by atoms with Crippen molar-refractivity contribution in [1.82, 2.24) is 14.5 Å². The molecular formula is C20H24ClN3O3S. The van der Waals surface area contributed by atoms with E-state index in [1.807, 2.05) is 18.2 Å². The molecule has 1 fully saturated rings. The van der Waals surface area contributed by atoms with Gasteiger partial charge in [0.05, 0.1) is 10.9 Å². The zero-order chi connectivity index (χ0) is 20.1. The third-order valence-electron chi connectivity index (χ3n) is 4.76. The lowest BCUT2D eigenvalue weighted by Gasteiger charge is -2.36. The van der Waals surface area contributed by atoms with Gasteiger partial charge in [0.1, 0.15) is 0 Å². The summed E-state index contributed by atoms with van der Waals surface area (Å²) >= 11 is 5.80. The molecule has 3 rings (SSSR count). The topological polar surface area (TPSA) is 69.7 Å². The Morgan fingerprint density at radius 3 is 2.25 bits per heavy atom. The monoisotopic (exact) mass is 421 g/mol. The molecular weight excluding hydrogens is 398 g/mol. The van der Waals surface area contributed by atoms with E-state index < -0.39 is 16.1 Å². The third-order valence-corrected chi connectivity index (χ3v) is 6.57. The number of rotatable bonds is 6. The van der Waals surface area contributed by atoms with Gasteiger partial charge in [-0.05, 0) is 36.8 Å². The summed E-state index contributed by atoms with van der Waals surface area (Å²) in [4.78, 5) is 16.8. The predicted molar refractivity (Wildman–Crippen MR) is 110 cm³/mol. The predicted octanol–water partition coefficient (Wildman–Crippen LogP) is 2.35. The summed E-state index contributed by atoms with van der Waals surface area (Å²) < 4.78 is 27.4. The van der Waals surface area contributed by atoms with Crippen molar-refractivity contribution in [3.8, 4) is 0 Å². The number of hydrogen-bond donors (Lipinski definition) is 1. The number of amides is 1. The summed E-state index contributed by atoms with van der Waals surface area (Å²) in [6.07, 6.45) is 0. The van der Waals surface area contributed by atoms with Crippen molar-refractivity contribution in [3.05, 3.63) is 65.2 Å². The maximum absolute atomic E-state index is 12.7. The quantitative estimate of drug-likeness (QED) is 0.777. The fraction of sp³-hybridized carbons (Fsp3) is 0.350. The zero-order valence-corrected chi connectivity index (χ0v) is 17.3.